The molecule has 21 heavy (non-hydrogen) atoms. The van der Waals surface area contributed by atoms with Crippen molar-refractivity contribution in [3.8, 4) is 5.75 Å². The van der Waals surface area contributed by atoms with E-state index in [2.05, 4.69) is 5.32 Å². The number of nitrogens with one attached hydrogen (secondary N) is 1. The van der Waals surface area contributed by atoms with E-state index >= 15 is 0 Å². The summed E-state index contributed by atoms with van der Waals surface area (Å²) in [7, 11) is 0. The van der Waals surface area contributed by atoms with Crippen LogP contribution in [-0.4, -0.2) is 40.7 Å². The number of carboxylic acids is 2. The number of carboxylic acid groups (broad SMARTS) is 2. The second kappa shape index (κ2) is 7.88. The van der Waals surface area contributed by atoms with E-state index in [1.807, 2.05) is 19.1 Å². The Morgan fingerprint density at radius 2 is 1.81 bits per heavy atom. The predicted octanol–water partition coefficient (Wildman–Crippen LogP) is 0.808. The van der Waals surface area contributed by atoms with Crippen molar-refractivity contribution in [2.45, 2.75) is 25.8 Å². The van der Waals surface area contributed by atoms with E-state index in [0.29, 0.717) is 5.75 Å². The molecule has 0 aliphatic heterocycles. The van der Waals surface area contributed by atoms with E-state index in [1.54, 1.807) is 12.1 Å². The molecule has 114 valence electrons. The van der Waals surface area contributed by atoms with Crippen LogP contribution in [0, 0.1) is 6.92 Å². The van der Waals surface area contributed by atoms with Crippen LogP contribution in [0.2, 0.25) is 0 Å². The normalized spacial score (nSPS) is 11.5. The first-order chi connectivity index (χ1) is 9.88. The summed E-state index contributed by atoms with van der Waals surface area (Å²) >= 11 is 0. The summed E-state index contributed by atoms with van der Waals surface area (Å²) in [5.41, 5.74) is 1.05. The molecule has 0 saturated carbocycles. The average molecular weight is 295 g/mol. The van der Waals surface area contributed by atoms with Gasteiger partial charge in [0, 0.05) is 6.42 Å². The van der Waals surface area contributed by atoms with Gasteiger partial charge in [0.15, 0.2) is 6.61 Å². The largest absolute Gasteiger partial charge is 0.484 e. The molecule has 0 spiro atoms. The standard InChI is InChI=1S/C14H17NO6/c1-9-2-4-10(5-3-9)21-8-12(16)15-11(14(19)20)6-7-13(17)18/h2-5,11H,6-8H2,1H3,(H,15,16)(H,17,18)(H,19,20). The Morgan fingerprint density at radius 1 is 1.19 bits per heavy atom. The van der Waals surface area contributed by atoms with Crippen LogP contribution in [0.3, 0.4) is 0 Å². The minimum absolute atomic E-state index is 0.180. The van der Waals surface area contributed by atoms with Crippen molar-refractivity contribution < 1.29 is 29.3 Å². The highest BCUT2D eigenvalue weighted by atomic mass is 16.5. The van der Waals surface area contributed by atoms with Crippen LogP contribution >= 0.6 is 0 Å². The highest BCUT2D eigenvalue weighted by molar-refractivity contribution is 5.84. The molecule has 3 N–H and O–H groups in total. The van der Waals surface area contributed by atoms with Crippen LogP contribution in [-0.2, 0) is 14.4 Å². The Morgan fingerprint density at radius 3 is 2.33 bits per heavy atom. The zero-order valence-corrected chi connectivity index (χ0v) is 11.5. The van der Waals surface area contributed by atoms with Gasteiger partial charge in [-0.1, -0.05) is 17.7 Å². The Balaban J connectivity index is 2.44. The second-order valence-corrected chi connectivity index (χ2v) is 4.49. The lowest BCUT2D eigenvalue weighted by Gasteiger charge is -2.14. The molecule has 7 heteroatoms. The number of carbonyl (C=O) groups excluding carboxylic acids is 1. The molecule has 0 aliphatic rings. The first kappa shape index (κ1) is 16.5. The molecule has 0 heterocycles. The first-order valence-electron chi connectivity index (χ1n) is 6.32. The number of ether oxygens (including phenoxy) is 1. The number of hydrogen-bond acceptors (Lipinski definition) is 4. The highest BCUT2D eigenvalue weighted by Crippen LogP contribution is 2.11. The predicted molar refractivity (Wildman–Crippen MR) is 73.1 cm³/mol. The smallest absolute Gasteiger partial charge is 0.326 e. The second-order valence-electron chi connectivity index (χ2n) is 4.49. The molecule has 0 saturated heterocycles. The summed E-state index contributed by atoms with van der Waals surface area (Å²) in [6.45, 7) is 1.58. The zero-order valence-electron chi connectivity index (χ0n) is 11.5. The number of amides is 1. The molecule has 0 bridgehead atoms. The van der Waals surface area contributed by atoms with E-state index in [-0.39, 0.29) is 19.4 Å². The quantitative estimate of drug-likeness (QED) is 0.654. The Kier molecular flexibility index (Phi) is 6.19. The average Bonchev–Trinajstić information content (AvgIpc) is 2.42. The van der Waals surface area contributed by atoms with Gasteiger partial charge in [0.25, 0.3) is 5.91 Å². The number of carbonyl (C=O) groups is 3. The van der Waals surface area contributed by atoms with E-state index in [0.717, 1.165) is 5.56 Å². The van der Waals surface area contributed by atoms with Crippen molar-refractivity contribution in [3.05, 3.63) is 29.8 Å². The third-order valence-corrected chi connectivity index (χ3v) is 2.67. The molecular weight excluding hydrogens is 278 g/mol. The van der Waals surface area contributed by atoms with Crippen molar-refractivity contribution >= 4 is 17.8 Å². The highest BCUT2D eigenvalue weighted by Gasteiger charge is 2.20. The summed E-state index contributed by atoms with van der Waals surface area (Å²) in [5.74, 6) is -2.52. The first-order valence-corrected chi connectivity index (χ1v) is 6.32. The molecule has 1 rings (SSSR count). The minimum Gasteiger partial charge on any atom is -0.484 e. The molecular formula is C14H17NO6. The van der Waals surface area contributed by atoms with Crippen molar-refractivity contribution in [3.63, 3.8) is 0 Å². The van der Waals surface area contributed by atoms with Crippen molar-refractivity contribution in [2.75, 3.05) is 6.61 Å². The molecule has 7 nitrogen and oxygen atoms in total. The van der Waals surface area contributed by atoms with Crippen molar-refractivity contribution in [1.82, 2.24) is 5.32 Å². The van der Waals surface area contributed by atoms with Crippen LogP contribution in [0.25, 0.3) is 0 Å². The van der Waals surface area contributed by atoms with Crippen LogP contribution in [0.1, 0.15) is 18.4 Å². The minimum atomic E-state index is -1.28. The molecule has 1 unspecified atom stereocenters. The van der Waals surface area contributed by atoms with E-state index in [9.17, 15) is 14.4 Å². The van der Waals surface area contributed by atoms with Gasteiger partial charge in [-0.3, -0.25) is 9.59 Å². The van der Waals surface area contributed by atoms with Crippen LogP contribution in [0.5, 0.6) is 5.75 Å². The fraction of sp³-hybridized carbons (Fsp3) is 0.357. The Labute approximate surface area is 121 Å². The van der Waals surface area contributed by atoms with Gasteiger partial charge in [0.1, 0.15) is 11.8 Å². The molecule has 1 aromatic rings. The number of benzene rings is 1. The maximum absolute atomic E-state index is 11.6. The molecule has 1 aromatic carbocycles. The summed E-state index contributed by atoms with van der Waals surface area (Å²) in [4.78, 5) is 32.9. The van der Waals surface area contributed by atoms with Gasteiger partial charge in [-0.25, -0.2) is 4.79 Å². The zero-order chi connectivity index (χ0) is 15.8. The number of hydrogen-bond donors (Lipinski definition) is 3. The summed E-state index contributed by atoms with van der Waals surface area (Å²) in [5, 5.41) is 19.7. The van der Waals surface area contributed by atoms with E-state index in [4.69, 9.17) is 14.9 Å². The lowest BCUT2D eigenvalue weighted by Crippen LogP contribution is -2.43. The lowest BCUT2D eigenvalue weighted by molar-refractivity contribution is -0.143. The summed E-state index contributed by atoms with van der Waals surface area (Å²) < 4.78 is 5.21. The Bertz CT molecular complexity index is 511. The van der Waals surface area contributed by atoms with E-state index in [1.165, 1.54) is 0 Å². The Hall–Kier alpha value is -2.57. The topological polar surface area (TPSA) is 113 Å². The maximum Gasteiger partial charge on any atom is 0.326 e. The number of aliphatic carboxylic acids is 2. The number of rotatable bonds is 8. The molecule has 0 aromatic heterocycles. The van der Waals surface area contributed by atoms with Crippen molar-refractivity contribution in [2.24, 2.45) is 0 Å². The molecule has 1 amide bonds. The van der Waals surface area contributed by atoms with Gasteiger partial charge >= 0.3 is 11.9 Å². The van der Waals surface area contributed by atoms with Gasteiger partial charge in [-0.15, -0.1) is 0 Å². The molecule has 0 fully saturated rings. The molecule has 0 aliphatic carbocycles. The lowest BCUT2D eigenvalue weighted by atomic mass is 10.1. The SMILES string of the molecule is Cc1ccc(OCC(=O)NC(CCC(=O)O)C(=O)O)cc1. The van der Waals surface area contributed by atoms with Crippen molar-refractivity contribution in [1.29, 1.82) is 0 Å². The maximum atomic E-state index is 11.6. The van der Waals surface area contributed by atoms with Gasteiger partial charge in [-0.2, -0.15) is 0 Å². The number of aryl methyl sites for hydroxylation is 1. The van der Waals surface area contributed by atoms with Gasteiger partial charge in [0.05, 0.1) is 0 Å². The summed E-state index contributed by atoms with van der Waals surface area (Å²) in [6.07, 6.45) is -0.517. The monoisotopic (exact) mass is 295 g/mol. The van der Waals surface area contributed by atoms with Crippen LogP contribution in [0.4, 0.5) is 0 Å². The third kappa shape index (κ3) is 6.42. The van der Waals surface area contributed by atoms with Gasteiger partial charge in [0.2, 0.25) is 0 Å². The van der Waals surface area contributed by atoms with Gasteiger partial charge in [-0.05, 0) is 25.5 Å². The van der Waals surface area contributed by atoms with E-state index < -0.39 is 23.9 Å². The summed E-state index contributed by atoms with van der Waals surface area (Å²) in [6, 6.07) is 5.79. The fourth-order valence-electron chi connectivity index (χ4n) is 1.54. The van der Waals surface area contributed by atoms with Crippen LogP contribution < -0.4 is 10.1 Å². The third-order valence-electron chi connectivity index (χ3n) is 2.67. The van der Waals surface area contributed by atoms with Crippen LogP contribution in [0.15, 0.2) is 24.3 Å². The van der Waals surface area contributed by atoms with Gasteiger partial charge < -0.3 is 20.3 Å². The fourth-order valence-corrected chi connectivity index (χ4v) is 1.54. The molecule has 0 radical (unpaired) electrons. The molecule has 1 atom stereocenters.